The number of carbonyl (C=O) groups is 1. The Balaban J connectivity index is 1.64. The lowest BCUT2D eigenvalue weighted by atomic mass is 9.98. The van der Waals surface area contributed by atoms with Gasteiger partial charge in [-0.2, -0.15) is 0 Å². The molecule has 0 bridgehead atoms. The summed E-state index contributed by atoms with van der Waals surface area (Å²) in [6.45, 7) is 2.12. The van der Waals surface area contributed by atoms with Gasteiger partial charge in [-0.1, -0.05) is 24.5 Å². The van der Waals surface area contributed by atoms with Gasteiger partial charge in [0.05, 0.1) is 12.1 Å². The number of hydrogen-bond acceptors (Lipinski definition) is 2. The minimum Gasteiger partial charge on any atom is -0.394 e. The lowest BCUT2D eigenvalue weighted by Crippen LogP contribution is -2.49. The highest BCUT2D eigenvalue weighted by Crippen LogP contribution is 2.29. The summed E-state index contributed by atoms with van der Waals surface area (Å²) in [4.78, 5) is 15.5. The van der Waals surface area contributed by atoms with Gasteiger partial charge < -0.3 is 15.4 Å². The van der Waals surface area contributed by atoms with Gasteiger partial charge in [0.1, 0.15) is 0 Å². The van der Waals surface area contributed by atoms with E-state index in [4.69, 9.17) is 0 Å². The molecule has 0 unspecified atom stereocenters. The first-order chi connectivity index (χ1) is 10.6. The molecule has 1 amide bonds. The van der Waals surface area contributed by atoms with E-state index in [1.165, 1.54) is 16.5 Å². The normalized spacial score (nSPS) is 17.0. The van der Waals surface area contributed by atoms with Gasteiger partial charge >= 0.3 is 0 Å². The molecule has 22 heavy (non-hydrogen) atoms. The second-order valence-corrected chi connectivity index (χ2v) is 6.56. The topological polar surface area (TPSA) is 65.1 Å². The van der Waals surface area contributed by atoms with Crippen LogP contribution in [0, 0.1) is 6.92 Å². The molecule has 0 radical (unpaired) electrons. The summed E-state index contributed by atoms with van der Waals surface area (Å²) in [5, 5.41) is 13.8. The predicted molar refractivity (Wildman–Crippen MR) is 87.8 cm³/mol. The summed E-state index contributed by atoms with van der Waals surface area (Å²) >= 11 is 0. The lowest BCUT2D eigenvalue weighted by molar-refractivity contribution is -0.123. The molecule has 4 nitrogen and oxygen atoms in total. The first kappa shape index (κ1) is 15.1. The summed E-state index contributed by atoms with van der Waals surface area (Å²) in [6, 6.07) is 6.32. The van der Waals surface area contributed by atoms with Gasteiger partial charge in [-0.25, -0.2) is 0 Å². The fraction of sp³-hybridized carbons (Fsp3) is 0.500. The van der Waals surface area contributed by atoms with Crippen molar-refractivity contribution >= 4 is 16.8 Å². The Kier molecular flexibility index (Phi) is 4.21. The number of aliphatic hydroxyl groups excluding tert-OH is 1. The van der Waals surface area contributed by atoms with E-state index in [2.05, 4.69) is 35.4 Å². The number of aliphatic hydroxyl groups is 1. The van der Waals surface area contributed by atoms with Crippen molar-refractivity contribution in [2.75, 3.05) is 6.61 Å². The Hall–Kier alpha value is -1.81. The molecule has 4 heteroatoms. The Bertz CT molecular complexity index is 669. The maximum absolute atomic E-state index is 12.2. The smallest absolute Gasteiger partial charge is 0.220 e. The molecule has 1 saturated carbocycles. The molecule has 0 aliphatic heterocycles. The van der Waals surface area contributed by atoms with E-state index in [0.717, 1.165) is 37.6 Å². The fourth-order valence-electron chi connectivity index (χ4n) is 3.48. The summed E-state index contributed by atoms with van der Waals surface area (Å²) in [5.41, 5.74) is 3.15. The quantitative estimate of drug-likeness (QED) is 0.795. The fourth-order valence-corrected chi connectivity index (χ4v) is 3.48. The number of carbonyl (C=O) groups excluding carboxylic acids is 1. The van der Waals surface area contributed by atoms with Crippen molar-refractivity contribution < 1.29 is 9.90 Å². The van der Waals surface area contributed by atoms with Crippen molar-refractivity contribution in [3.63, 3.8) is 0 Å². The number of fused-ring (bicyclic) bond motifs is 1. The first-order valence-electron chi connectivity index (χ1n) is 8.10. The number of H-pyrrole nitrogens is 1. The molecule has 1 aliphatic rings. The third-order valence-electron chi connectivity index (χ3n) is 4.81. The number of amides is 1. The molecule has 3 N–H and O–H groups in total. The third-order valence-corrected chi connectivity index (χ3v) is 4.81. The van der Waals surface area contributed by atoms with Gasteiger partial charge in [-0.05, 0) is 43.9 Å². The Labute approximate surface area is 130 Å². The molecule has 1 heterocycles. The maximum Gasteiger partial charge on any atom is 0.220 e. The molecule has 0 saturated heterocycles. The number of benzene rings is 1. The van der Waals surface area contributed by atoms with Crippen LogP contribution in [0.2, 0.25) is 0 Å². The third kappa shape index (κ3) is 3.02. The van der Waals surface area contributed by atoms with Crippen LogP contribution in [0.3, 0.4) is 0 Å². The molecule has 2 aromatic rings. The van der Waals surface area contributed by atoms with E-state index < -0.39 is 0 Å². The monoisotopic (exact) mass is 300 g/mol. The molecular weight excluding hydrogens is 276 g/mol. The highest BCUT2D eigenvalue weighted by Gasteiger charge is 2.34. The van der Waals surface area contributed by atoms with E-state index in [0.29, 0.717) is 6.42 Å². The molecule has 3 rings (SSSR count). The largest absolute Gasteiger partial charge is 0.394 e. The van der Waals surface area contributed by atoms with Gasteiger partial charge in [0.25, 0.3) is 0 Å². The van der Waals surface area contributed by atoms with E-state index >= 15 is 0 Å². The Morgan fingerprint density at radius 3 is 2.86 bits per heavy atom. The maximum atomic E-state index is 12.2. The lowest BCUT2D eigenvalue weighted by Gasteiger charge is -2.28. The first-order valence-corrected chi connectivity index (χ1v) is 8.10. The highest BCUT2D eigenvalue weighted by molar-refractivity contribution is 5.85. The highest BCUT2D eigenvalue weighted by atomic mass is 16.3. The number of aromatic amines is 1. The molecule has 0 spiro atoms. The van der Waals surface area contributed by atoms with Crippen molar-refractivity contribution in [3.05, 3.63) is 35.5 Å². The predicted octanol–water partition coefficient (Wildman–Crippen LogP) is 2.83. The minimum absolute atomic E-state index is 0.0398. The number of hydrogen-bond donors (Lipinski definition) is 3. The Morgan fingerprint density at radius 2 is 2.14 bits per heavy atom. The number of nitrogens with one attached hydrogen (secondary N) is 2. The molecule has 1 aliphatic carbocycles. The average molecular weight is 300 g/mol. The van der Waals surface area contributed by atoms with Crippen LogP contribution in [0.1, 0.15) is 43.2 Å². The van der Waals surface area contributed by atoms with E-state index in [1.807, 2.05) is 6.20 Å². The van der Waals surface area contributed by atoms with Crippen LogP contribution in [-0.2, 0) is 11.2 Å². The van der Waals surface area contributed by atoms with Gasteiger partial charge in [-0.15, -0.1) is 0 Å². The van der Waals surface area contributed by atoms with E-state index in [9.17, 15) is 9.90 Å². The molecule has 1 aromatic heterocycles. The van der Waals surface area contributed by atoms with Crippen LogP contribution in [0.5, 0.6) is 0 Å². The van der Waals surface area contributed by atoms with Gasteiger partial charge in [0.15, 0.2) is 0 Å². The Morgan fingerprint density at radius 1 is 1.36 bits per heavy atom. The van der Waals surface area contributed by atoms with Crippen LogP contribution in [-0.4, -0.2) is 28.1 Å². The zero-order chi connectivity index (χ0) is 15.6. The summed E-state index contributed by atoms with van der Waals surface area (Å²) in [7, 11) is 0. The van der Waals surface area contributed by atoms with Crippen LogP contribution in [0.15, 0.2) is 24.4 Å². The number of aryl methyl sites for hydroxylation is 2. The molecular formula is C18H24N2O2. The van der Waals surface area contributed by atoms with Gasteiger partial charge in [0, 0.05) is 23.5 Å². The van der Waals surface area contributed by atoms with Crippen molar-refractivity contribution in [2.24, 2.45) is 0 Å². The van der Waals surface area contributed by atoms with Crippen LogP contribution in [0.25, 0.3) is 10.9 Å². The van der Waals surface area contributed by atoms with Crippen LogP contribution >= 0.6 is 0 Å². The van der Waals surface area contributed by atoms with Crippen molar-refractivity contribution in [1.82, 2.24) is 10.3 Å². The number of rotatable bonds is 5. The SMILES string of the molecule is Cc1ccc2[nH]cc(CCC(=O)NC3(CO)CCCC3)c2c1. The van der Waals surface area contributed by atoms with E-state index in [1.54, 1.807) is 0 Å². The van der Waals surface area contributed by atoms with Gasteiger partial charge in [0.2, 0.25) is 5.91 Å². The zero-order valence-electron chi connectivity index (χ0n) is 13.1. The molecule has 0 atom stereocenters. The standard InChI is InChI=1S/C18H24N2O2/c1-13-4-6-16-15(10-13)14(11-19-16)5-7-17(22)20-18(12-21)8-2-3-9-18/h4,6,10-11,19,21H,2-3,5,7-9,12H2,1H3,(H,20,22). The zero-order valence-corrected chi connectivity index (χ0v) is 13.1. The molecule has 118 valence electrons. The molecule has 1 aromatic carbocycles. The van der Waals surface area contributed by atoms with Gasteiger partial charge in [-0.3, -0.25) is 4.79 Å². The second kappa shape index (κ2) is 6.13. The minimum atomic E-state index is -0.367. The second-order valence-electron chi connectivity index (χ2n) is 6.56. The summed E-state index contributed by atoms with van der Waals surface area (Å²) < 4.78 is 0. The average Bonchev–Trinajstić information content (AvgIpc) is 3.12. The molecule has 1 fully saturated rings. The summed E-state index contributed by atoms with van der Waals surface area (Å²) in [5.74, 6) is 0.0398. The van der Waals surface area contributed by atoms with Crippen molar-refractivity contribution in [2.45, 2.75) is 51.0 Å². The number of aromatic nitrogens is 1. The van der Waals surface area contributed by atoms with Crippen molar-refractivity contribution in [1.29, 1.82) is 0 Å². The van der Waals surface area contributed by atoms with Crippen molar-refractivity contribution in [3.8, 4) is 0 Å². The summed E-state index contributed by atoms with van der Waals surface area (Å²) in [6.07, 6.45) is 7.13. The van der Waals surface area contributed by atoms with Crippen LogP contribution < -0.4 is 5.32 Å². The van der Waals surface area contributed by atoms with E-state index in [-0.39, 0.29) is 18.1 Å². The van der Waals surface area contributed by atoms with Crippen LogP contribution in [0.4, 0.5) is 0 Å².